The fourth-order valence-electron chi connectivity index (χ4n) is 3.19. The van der Waals surface area contributed by atoms with Crippen LogP contribution in [-0.2, 0) is 10.0 Å². The van der Waals surface area contributed by atoms with Gasteiger partial charge >= 0.3 is 0 Å². The van der Waals surface area contributed by atoms with Crippen molar-refractivity contribution in [2.24, 2.45) is 0 Å². The highest BCUT2D eigenvalue weighted by atomic mass is 32.2. The number of amides is 1. The molecule has 0 atom stereocenters. The van der Waals surface area contributed by atoms with E-state index in [4.69, 9.17) is 0 Å². The number of carbonyl (C=O) groups excluding carboxylic acids is 1. The molecule has 0 radical (unpaired) electrons. The summed E-state index contributed by atoms with van der Waals surface area (Å²) in [6.45, 7) is 5.95. The second-order valence-corrected chi connectivity index (χ2v) is 8.61. The molecule has 0 fully saturated rings. The Labute approximate surface area is 172 Å². The van der Waals surface area contributed by atoms with Crippen molar-refractivity contribution in [3.63, 3.8) is 0 Å². The number of anilines is 2. The molecule has 3 aromatic carbocycles. The Hall–Kier alpha value is -3.12. The Balaban J connectivity index is 1.84. The molecule has 0 aliphatic carbocycles. The number of hydrogen-bond donors (Lipinski definition) is 1. The van der Waals surface area contributed by atoms with Gasteiger partial charge in [-0.1, -0.05) is 36.4 Å². The Morgan fingerprint density at radius 1 is 0.862 bits per heavy atom. The van der Waals surface area contributed by atoms with Crippen LogP contribution in [0.5, 0.6) is 0 Å². The van der Waals surface area contributed by atoms with Crippen molar-refractivity contribution in [3.05, 3.63) is 89.5 Å². The molecule has 0 bridgehead atoms. The molecule has 6 heteroatoms. The number of carbonyl (C=O) groups is 1. The van der Waals surface area contributed by atoms with Crippen LogP contribution in [0.25, 0.3) is 0 Å². The summed E-state index contributed by atoms with van der Waals surface area (Å²) >= 11 is 0. The fraction of sp³-hybridized carbons (Fsp3) is 0.174. The van der Waals surface area contributed by atoms with Crippen molar-refractivity contribution >= 4 is 27.3 Å². The van der Waals surface area contributed by atoms with Gasteiger partial charge in [-0.15, -0.1) is 0 Å². The summed E-state index contributed by atoms with van der Waals surface area (Å²) in [6, 6.07) is 20.7. The highest BCUT2D eigenvalue weighted by molar-refractivity contribution is 7.92. The van der Waals surface area contributed by atoms with Gasteiger partial charge in [-0.25, -0.2) is 8.42 Å². The molecular formula is C23H24N2O3S. The van der Waals surface area contributed by atoms with Gasteiger partial charge < -0.3 is 5.32 Å². The first kappa shape index (κ1) is 20.6. The molecule has 0 aliphatic rings. The van der Waals surface area contributed by atoms with E-state index in [0.717, 1.165) is 16.8 Å². The van der Waals surface area contributed by atoms with Crippen LogP contribution >= 0.6 is 0 Å². The minimum atomic E-state index is -3.66. The molecule has 3 rings (SSSR count). The number of hydrogen-bond acceptors (Lipinski definition) is 3. The van der Waals surface area contributed by atoms with Crippen LogP contribution < -0.4 is 9.62 Å². The average molecular weight is 409 g/mol. The van der Waals surface area contributed by atoms with E-state index in [0.29, 0.717) is 11.3 Å². The lowest BCUT2D eigenvalue weighted by molar-refractivity contribution is 0.102. The molecular weight excluding hydrogens is 384 g/mol. The highest BCUT2D eigenvalue weighted by Gasteiger charge is 2.23. The lowest BCUT2D eigenvalue weighted by Gasteiger charge is -2.23. The molecule has 0 spiro atoms. The zero-order valence-corrected chi connectivity index (χ0v) is 17.5. The SMILES string of the molecule is CCN(c1ccc(C(=O)Nc2c(C)cccc2C)cc1)S(=O)(=O)c1ccccc1. The first-order valence-electron chi connectivity index (χ1n) is 9.40. The van der Waals surface area contributed by atoms with E-state index in [1.54, 1.807) is 61.5 Å². The van der Waals surface area contributed by atoms with Gasteiger partial charge in [-0.05, 0) is 68.3 Å². The number of benzene rings is 3. The average Bonchev–Trinajstić information content (AvgIpc) is 2.72. The number of sulfonamides is 1. The van der Waals surface area contributed by atoms with Crippen LogP contribution in [0.15, 0.2) is 77.7 Å². The van der Waals surface area contributed by atoms with E-state index in [9.17, 15) is 13.2 Å². The third-order valence-corrected chi connectivity index (χ3v) is 6.67. The van der Waals surface area contributed by atoms with E-state index >= 15 is 0 Å². The number of para-hydroxylation sites is 1. The van der Waals surface area contributed by atoms with E-state index in [2.05, 4.69) is 5.32 Å². The lowest BCUT2D eigenvalue weighted by atomic mass is 10.1. The predicted molar refractivity (Wildman–Crippen MR) is 117 cm³/mol. The van der Waals surface area contributed by atoms with E-state index in [1.807, 2.05) is 32.0 Å². The smallest absolute Gasteiger partial charge is 0.264 e. The van der Waals surface area contributed by atoms with Crippen LogP contribution in [0.2, 0.25) is 0 Å². The Bertz CT molecular complexity index is 1090. The van der Waals surface area contributed by atoms with Gasteiger partial charge in [0.25, 0.3) is 15.9 Å². The normalized spacial score (nSPS) is 11.1. The van der Waals surface area contributed by atoms with Crippen LogP contribution in [0.1, 0.15) is 28.4 Å². The van der Waals surface area contributed by atoms with Crippen LogP contribution in [-0.4, -0.2) is 20.9 Å². The molecule has 0 aromatic heterocycles. The molecule has 29 heavy (non-hydrogen) atoms. The van der Waals surface area contributed by atoms with Crippen molar-refractivity contribution in [2.45, 2.75) is 25.7 Å². The number of nitrogens with one attached hydrogen (secondary N) is 1. The Kier molecular flexibility index (Phi) is 6.03. The maximum atomic E-state index is 12.9. The first-order chi connectivity index (χ1) is 13.8. The molecule has 0 heterocycles. The monoisotopic (exact) mass is 408 g/mol. The third kappa shape index (κ3) is 4.32. The topological polar surface area (TPSA) is 66.5 Å². The third-order valence-electron chi connectivity index (χ3n) is 4.76. The van der Waals surface area contributed by atoms with Gasteiger partial charge in [-0.3, -0.25) is 9.10 Å². The van der Waals surface area contributed by atoms with Crippen molar-refractivity contribution in [3.8, 4) is 0 Å². The molecule has 1 N–H and O–H groups in total. The zero-order chi connectivity index (χ0) is 21.0. The van der Waals surface area contributed by atoms with Crippen LogP contribution in [0.4, 0.5) is 11.4 Å². The summed E-state index contributed by atoms with van der Waals surface area (Å²) in [6.07, 6.45) is 0. The summed E-state index contributed by atoms with van der Waals surface area (Å²) in [5, 5.41) is 2.94. The van der Waals surface area contributed by atoms with Gasteiger partial charge in [0.1, 0.15) is 0 Å². The summed E-state index contributed by atoms with van der Waals surface area (Å²) in [4.78, 5) is 12.9. The van der Waals surface area contributed by atoms with Gasteiger partial charge in [0.05, 0.1) is 10.6 Å². The maximum Gasteiger partial charge on any atom is 0.264 e. The van der Waals surface area contributed by atoms with Crippen LogP contribution in [0.3, 0.4) is 0 Å². The number of aryl methyl sites for hydroxylation is 2. The lowest BCUT2D eigenvalue weighted by Crippen LogP contribution is -2.30. The van der Waals surface area contributed by atoms with Gasteiger partial charge in [0, 0.05) is 17.8 Å². The largest absolute Gasteiger partial charge is 0.322 e. The molecule has 0 saturated heterocycles. The molecule has 5 nitrogen and oxygen atoms in total. The van der Waals surface area contributed by atoms with E-state index in [-0.39, 0.29) is 17.3 Å². The molecule has 150 valence electrons. The second kappa shape index (κ2) is 8.49. The second-order valence-electron chi connectivity index (χ2n) is 6.75. The minimum absolute atomic E-state index is 0.233. The van der Waals surface area contributed by atoms with Gasteiger partial charge in [-0.2, -0.15) is 0 Å². The van der Waals surface area contributed by atoms with Crippen molar-refractivity contribution in [1.29, 1.82) is 0 Å². The number of rotatable bonds is 6. The van der Waals surface area contributed by atoms with Crippen molar-refractivity contribution < 1.29 is 13.2 Å². The standard InChI is InChI=1S/C23H24N2O3S/c1-4-25(29(27,28)21-11-6-5-7-12-21)20-15-13-19(14-16-20)23(26)24-22-17(2)9-8-10-18(22)3/h5-16H,4H2,1-3H3,(H,24,26). The van der Waals surface area contributed by atoms with E-state index in [1.165, 1.54) is 4.31 Å². The summed E-state index contributed by atoms with van der Waals surface area (Å²) in [7, 11) is -3.66. The Morgan fingerprint density at radius 3 is 2.00 bits per heavy atom. The molecule has 0 aliphatic heterocycles. The van der Waals surface area contributed by atoms with Gasteiger partial charge in [0.15, 0.2) is 0 Å². The van der Waals surface area contributed by atoms with Crippen molar-refractivity contribution in [2.75, 3.05) is 16.2 Å². The first-order valence-corrected chi connectivity index (χ1v) is 10.8. The van der Waals surface area contributed by atoms with Gasteiger partial charge in [0.2, 0.25) is 0 Å². The summed E-state index contributed by atoms with van der Waals surface area (Å²) < 4.78 is 27.2. The fourth-order valence-corrected chi connectivity index (χ4v) is 4.68. The molecule has 0 unspecified atom stereocenters. The highest BCUT2D eigenvalue weighted by Crippen LogP contribution is 2.25. The molecule has 3 aromatic rings. The zero-order valence-electron chi connectivity index (χ0n) is 16.7. The van der Waals surface area contributed by atoms with Crippen molar-refractivity contribution in [1.82, 2.24) is 0 Å². The summed E-state index contributed by atoms with van der Waals surface area (Å²) in [5.74, 6) is -0.233. The molecule has 0 saturated carbocycles. The van der Waals surface area contributed by atoms with E-state index < -0.39 is 10.0 Å². The minimum Gasteiger partial charge on any atom is -0.322 e. The Morgan fingerprint density at radius 2 is 1.45 bits per heavy atom. The predicted octanol–water partition coefficient (Wildman–Crippen LogP) is 4.77. The quantitative estimate of drug-likeness (QED) is 0.639. The summed E-state index contributed by atoms with van der Waals surface area (Å²) in [5.41, 5.74) is 3.75. The van der Waals surface area contributed by atoms with Crippen LogP contribution in [0, 0.1) is 13.8 Å². The molecule has 1 amide bonds. The number of nitrogens with zero attached hydrogens (tertiary/aromatic N) is 1. The maximum absolute atomic E-state index is 12.9.